The monoisotopic (exact) mass is 354 g/mol. The van der Waals surface area contributed by atoms with Gasteiger partial charge in [-0.3, -0.25) is 10.1 Å². The van der Waals surface area contributed by atoms with Gasteiger partial charge in [-0.05, 0) is 43.9 Å². The van der Waals surface area contributed by atoms with Crippen LogP contribution in [-0.4, -0.2) is 19.1 Å². The summed E-state index contributed by atoms with van der Waals surface area (Å²) in [6, 6.07) is 15.5. The van der Waals surface area contributed by atoms with E-state index in [4.69, 9.17) is 4.74 Å². The summed E-state index contributed by atoms with van der Waals surface area (Å²) in [5.74, 6) is 1.19. The summed E-state index contributed by atoms with van der Waals surface area (Å²) in [6.45, 7) is 8.25. The minimum atomic E-state index is -0.333. The van der Waals surface area contributed by atoms with Crippen LogP contribution < -0.4 is 15.4 Å². The van der Waals surface area contributed by atoms with E-state index in [9.17, 15) is 4.79 Å². The smallest absolute Gasteiger partial charge is 0.241 e. The number of carbonyl (C=O) groups is 1. The van der Waals surface area contributed by atoms with Crippen molar-refractivity contribution in [2.45, 2.75) is 52.1 Å². The minimum Gasteiger partial charge on any atom is -0.496 e. The van der Waals surface area contributed by atoms with Gasteiger partial charge >= 0.3 is 0 Å². The number of methoxy groups -OCH3 is 1. The molecule has 0 unspecified atom stereocenters. The van der Waals surface area contributed by atoms with Crippen molar-refractivity contribution in [1.29, 1.82) is 0 Å². The molecule has 0 aliphatic rings. The molecule has 2 aromatic carbocycles. The Hall–Kier alpha value is -2.33. The molecular weight excluding hydrogens is 324 g/mol. The Kier molecular flexibility index (Phi) is 7.22. The zero-order valence-electron chi connectivity index (χ0n) is 16.4. The highest BCUT2D eigenvalue weighted by atomic mass is 16.5. The molecule has 140 valence electrons. The molecule has 0 heterocycles. The summed E-state index contributed by atoms with van der Waals surface area (Å²) in [6.07, 6.45) is 1.03. The third-order valence-electron chi connectivity index (χ3n) is 4.86. The van der Waals surface area contributed by atoms with E-state index in [-0.39, 0.29) is 18.0 Å². The highest BCUT2D eigenvalue weighted by Gasteiger charge is 2.19. The summed E-state index contributed by atoms with van der Waals surface area (Å²) in [4.78, 5) is 12.7. The van der Waals surface area contributed by atoms with Crippen LogP contribution in [0.25, 0.3) is 0 Å². The van der Waals surface area contributed by atoms with Gasteiger partial charge in [-0.2, -0.15) is 0 Å². The van der Waals surface area contributed by atoms with Crippen molar-refractivity contribution in [3.8, 4) is 5.75 Å². The average Bonchev–Trinajstić information content (AvgIpc) is 2.67. The zero-order chi connectivity index (χ0) is 19.1. The molecule has 2 rings (SSSR count). The third-order valence-corrected chi connectivity index (χ3v) is 4.86. The Labute approximate surface area is 157 Å². The normalized spacial score (nSPS) is 14.3. The molecule has 0 aromatic heterocycles. The first-order chi connectivity index (χ1) is 12.5. The number of hydrogen-bond acceptors (Lipinski definition) is 3. The van der Waals surface area contributed by atoms with E-state index in [1.807, 2.05) is 56.3 Å². The van der Waals surface area contributed by atoms with Gasteiger partial charge in [0.05, 0.1) is 13.2 Å². The average molecular weight is 354 g/mol. The van der Waals surface area contributed by atoms with Crippen LogP contribution in [0.5, 0.6) is 5.75 Å². The summed E-state index contributed by atoms with van der Waals surface area (Å²) < 4.78 is 5.42. The maximum absolute atomic E-state index is 12.7. The highest BCUT2D eigenvalue weighted by Crippen LogP contribution is 2.27. The van der Waals surface area contributed by atoms with Gasteiger partial charge in [0, 0.05) is 17.3 Å². The molecule has 26 heavy (non-hydrogen) atoms. The fraction of sp³-hybridized carbons (Fsp3) is 0.409. The molecule has 0 saturated carbocycles. The van der Waals surface area contributed by atoms with Gasteiger partial charge in [0.2, 0.25) is 5.91 Å². The van der Waals surface area contributed by atoms with Crippen LogP contribution in [0.3, 0.4) is 0 Å². The first kappa shape index (κ1) is 20.0. The molecule has 1 amide bonds. The highest BCUT2D eigenvalue weighted by molar-refractivity contribution is 5.95. The van der Waals surface area contributed by atoms with E-state index in [0.717, 1.165) is 23.4 Å². The van der Waals surface area contributed by atoms with E-state index in [1.165, 1.54) is 5.56 Å². The van der Waals surface area contributed by atoms with Gasteiger partial charge < -0.3 is 10.1 Å². The summed E-state index contributed by atoms with van der Waals surface area (Å²) in [5.41, 5.74) is 3.11. The van der Waals surface area contributed by atoms with Crippen LogP contribution in [0.2, 0.25) is 0 Å². The largest absolute Gasteiger partial charge is 0.496 e. The van der Waals surface area contributed by atoms with Gasteiger partial charge in [-0.25, -0.2) is 0 Å². The zero-order valence-corrected chi connectivity index (χ0v) is 16.4. The number of anilines is 1. The van der Waals surface area contributed by atoms with Crippen LogP contribution >= 0.6 is 0 Å². The number of para-hydroxylation sites is 2. The molecule has 2 aromatic rings. The second-order valence-electron chi connectivity index (χ2n) is 6.74. The Morgan fingerprint density at radius 3 is 2.27 bits per heavy atom. The van der Waals surface area contributed by atoms with Crippen molar-refractivity contribution < 1.29 is 9.53 Å². The molecule has 4 nitrogen and oxygen atoms in total. The molecule has 4 heteroatoms. The maximum Gasteiger partial charge on any atom is 0.241 e. The Bertz CT molecular complexity index is 730. The molecule has 0 aliphatic carbocycles. The summed E-state index contributed by atoms with van der Waals surface area (Å²) in [7, 11) is 1.66. The lowest BCUT2D eigenvalue weighted by Crippen LogP contribution is -2.39. The molecular formula is C22H30N2O2. The Morgan fingerprint density at radius 1 is 1.00 bits per heavy atom. The SMILES string of the molecule is CC[C@H](C)c1ccccc1NC(=O)[C@H](C)N[C@@H](C)c1ccccc1OC. The topological polar surface area (TPSA) is 50.4 Å². The lowest BCUT2D eigenvalue weighted by molar-refractivity contribution is -0.117. The van der Waals surface area contributed by atoms with Crippen molar-refractivity contribution in [3.05, 3.63) is 59.7 Å². The van der Waals surface area contributed by atoms with E-state index < -0.39 is 0 Å². The van der Waals surface area contributed by atoms with Gasteiger partial charge in [0.1, 0.15) is 5.75 Å². The third kappa shape index (κ3) is 4.85. The molecule has 0 radical (unpaired) electrons. The first-order valence-electron chi connectivity index (χ1n) is 9.26. The van der Waals surface area contributed by atoms with Gasteiger partial charge in [0.25, 0.3) is 0 Å². The van der Waals surface area contributed by atoms with E-state index in [1.54, 1.807) is 7.11 Å². The van der Waals surface area contributed by atoms with Crippen LogP contribution in [0.4, 0.5) is 5.69 Å². The first-order valence-corrected chi connectivity index (χ1v) is 9.26. The number of benzene rings is 2. The standard InChI is InChI=1S/C22H30N2O2/c1-6-15(2)18-11-7-9-13-20(18)24-22(25)17(4)23-16(3)19-12-8-10-14-21(19)26-5/h7-17,23H,6H2,1-5H3,(H,24,25)/t15-,16-,17-/m0/s1. The fourth-order valence-electron chi connectivity index (χ4n) is 3.07. The van der Waals surface area contributed by atoms with Gasteiger partial charge in [-0.1, -0.05) is 50.2 Å². The van der Waals surface area contributed by atoms with Crippen molar-refractivity contribution in [1.82, 2.24) is 5.32 Å². The van der Waals surface area contributed by atoms with Crippen LogP contribution in [0, 0.1) is 0 Å². The molecule has 0 fully saturated rings. The van der Waals surface area contributed by atoms with Crippen LogP contribution in [0.15, 0.2) is 48.5 Å². The summed E-state index contributed by atoms with van der Waals surface area (Å²) >= 11 is 0. The quantitative estimate of drug-likeness (QED) is 0.710. The molecule has 0 spiro atoms. The predicted molar refractivity (Wildman–Crippen MR) is 108 cm³/mol. The lowest BCUT2D eigenvalue weighted by atomic mass is 9.97. The number of carbonyl (C=O) groups excluding carboxylic acids is 1. The van der Waals surface area contributed by atoms with E-state index in [2.05, 4.69) is 30.5 Å². The van der Waals surface area contributed by atoms with Crippen LogP contribution in [-0.2, 0) is 4.79 Å². The molecule has 0 bridgehead atoms. The van der Waals surface area contributed by atoms with Crippen molar-refractivity contribution in [3.63, 3.8) is 0 Å². The number of rotatable bonds is 8. The van der Waals surface area contributed by atoms with Gasteiger partial charge in [0.15, 0.2) is 0 Å². The second kappa shape index (κ2) is 9.39. The van der Waals surface area contributed by atoms with E-state index in [0.29, 0.717) is 5.92 Å². The molecule has 2 N–H and O–H groups in total. The van der Waals surface area contributed by atoms with Crippen molar-refractivity contribution in [2.75, 3.05) is 12.4 Å². The molecule has 3 atom stereocenters. The number of ether oxygens (including phenoxy) is 1. The number of amides is 1. The molecule has 0 saturated heterocycles. The molecule has 0 aliphatic heterocycles. The van der Waals surface area contributed by atoms with E-state index >= 15 is 0 Å². The van der Waals surface area contributed by atoms with Crippen LogP contribution in [0.1, 0.15) is 57.2 Å². The number of hydrogen-bond donors (Lipinski definition) is 2. The maximum atomic E-state index is 12.7. The Morgan fingerprint density at radius 2 is 1.62 bits per heavy atom. The lowest BCUT2D eigenvalue weighted by Gasteiger charge is -2.22. The fourth-order valence-corrected chi connectivity index (χ4v) is 3.07. The second-order valence-corrected chi connectivity index (χ2v) is 6.74. The number of nitrogens with one attached hydrogen (secondary N) is 2. The minimum absolute atomic E-state index is 0.00305. The van der Waals surface area contributed by atoms with Crippen molar-refractivity contribution in [2.24, 2.45) is 0 Å². The van der Waals surface area contributed by atoms with Crippen molar-refractivity contribution >= 4 is 11.6 Å². The predicted octanol–water partition coefficient (Wildman–Crippen LogP) is 4.89. The Balaban J connectivity index is 2.06. The summed E-state index contributed by atoms with van der Waals surface area (Å²) in [5, 5.41) is 6.44. The van der Waals surface area contributed by atoms with Gasteiger partial charge in [-0.15, -0.1) is 0 Å².